The predicted molar refractivity (Wildman–Crippen MR) is 182 cm³/mol. The summed E-state index contributed by atoms with van der Waals surface area (Å²) < 4.78 is 0. The molecule has 0 fully saturated rings. The van der Waals surface area contributed by atoms with Crippen LogP contribution in [0.2, 0.25) is 0 Å². The van der Waals surface area contributed by atoms with Crippen LogP contribution in [0.5, 0.6) is 0 Å². The summed E-state index contributed by atoms with van der Waals surface area (Å²) in [4.78, 5) is 14.3. The Morgan fingerprint density at radius 1 is 0.773 bits per heavy atom. The highest BCUT2D eigenvalue weighted by atomic mass is 15.0. The van der Waals surface area contributed by atoms with Crippen LogP contribution in [-0.2, 0) is 12.0 Å². The van der Waals surface area contributed by atoms with Crippen LogP contribution >= 0.6 is 0 Å². The minimum absolute atomic E-state index is 0.0914. The molecule has 5 aromatic rings. The zero-order chi connectivity index (χ0) is 29.5. The Morgan fingerprint density at radius 3 is 2.34 bits per heavy atom. The molecule has 0 radical (unpaired) electrons. The second-order valence-corrected chi connectivity index (χ2v) is 12.2. The Bertz CT molecular complexity index is 1990. The van der Waals surface area contributed by atoms with Crippen molar-refractivity contribution in [3.8, 4) is 11.1 Å². The molecule has 1 N–H and O–H groups in total. The first-order chi connectivity index (χ1) is 21.7. The summed E-state index contributed by atoms with van der Waals surface area (Å²) in [5.74, 6) is 0. The van der Waals surface area contributed by atoms with Crippen LogP contribution in [0, 0.1) is 0 Å². The molecule has 1 unspecified atom stereocenters. The molecule has 4 nitrogen and oxygen atoms in total. The summed E-state index contributed by atoms with van der Waals surface area (Å²) in [6, 6.07) is 30.5. The number of allylic oxidation sites excluding steroid dienone is 2. The quantitative estimate of drug-likeness (QED) is 0.229. The number of aliphatic imine (C=N–C) groups is 1. The van der Waals surface area contributed by atoms with Crippen LogP contribution in [0.25, 0.3) is 39.1 Å². The first-order valence-electron chi connectivity index (χ1n) is 15.5. The van der Waals surface area contributed by atoms with E-state index in [4.69, 9.17) is 9.97 Å². The highest BCUT2D eigenvalue weighted by Gasteiger charge is 2.35. The van der Waals surface area contributed by atoms with E-state index in [0.29, 0.717) is 0 Å². The number of dihydropyridines is 1. The van der Waals surface area contributed by atoms with Crippen molar-refractivity contribution in [3.05, 3.63) is 149 Å². The van der Waals surface area contributed by atoms with E-state index >= 15 is 0 Å². The van der Waals surface area contributed by atoms with Crippen molar-refractivity contribution < 1.29 is 0 Å². The Morgan fingerprint density at radius 2 is 1.59 bits per heavy atom. The zero-order valence-electron chi connectivity index (χ0n) is 24.9. The normalized spacial score (nSPS) is 20.6. The molecule has 214 valence electrons. The van der Waals surface area contributed by atoms with Crippen LogP contribution in [0.1, 0.15) is 65.9 Å². The van der Waals surface area contributed by atoms with Crippen LogP contribution in [-0.4, -0.2) is 16.2 Å². The van der Waals surface area contributed by atoms with E-state index in [1.165, 1.54) is 49.7 Å². The van der Waals surface area contributed by atoms with Gasteiger partial charge in [-0.3, -0.25) is 15.0 Å². The van der Waals surface area contributed by atoms with Gasteiger partial charge in [-0.2, -0.15) is 0 Å². The van der Waals surface area contributed by atoms with Crippen molar-refractivity contribution in [2.24, 2.45) is 4.99 Å². The fourth-order valence-electron chi connectivity index (χ4n) is 7.17. The maximum Gasteiger partial charge on any atom is 0.0953 e. The number of benzene rings is 3. The van der Waals surface area contributed by atoms with Gasteiger partial charge in [0.2, 0.25) is 0 Å². The van der Waals surface area contributed by atoms with Gasteiger partial charge in [-0.15, -0.1) is 0 Å². The SMILES string of the molecule is C[C@@]1(c2ccccn2)CC(c2c3c(c(-c4ccc(C5CC=CC=N5)nc4)c4ccccc24)CCC(c2ccccc2)=C3)=CN1. The summed E-state index contributed by atoms with van der Waals surface area (Å²) in [7, 11) is 0. The van der Waals surface area contributed by atoms with Crippen LogP contribution in [0.3, 0.4) is 0 Å². The second-order valence-electron chi connectivity index (χ2n) is 12.2. The lowest BCUT2D eigenvalue weighted by molar-refractivity contribution is 0.440. The average Bonchev–Trinajstić information content (AvgIpc) is 3.50. The third-order valence-corrected chi connectivity index (χ3v) is 9.39. The lowest BCUT2D eigenvalue weighted by Crippen LogP contribution is -2.32. The Labute approximate surface area is 258 Å². The highest BCUT2D eigenvalue weighted by Crippen LogP contribution is 2.48. The molecule has 4 heteroatoms. The molecule has 3 aromatic carbocycles. The van der Waals surface area contributed by atoms with Crippen molar-refractivity contribution in [3.63, 3.8) is 0 Å². The second kappa shape index (κ2) is 10.9. The number of fused-ring (bicyclic) bond motifs is 2. The van der Waals surface area contributed by atoms with Gasteiger partial charge in [0.15, 0.2) is 0 Å². The molecule has 8 rings (SSSR count). The minimum Gasteiger partial charge on any atom is -0.380 e. The van der Waals surface area contributed by atoms with E-state index < -0.39 is 0 Å². The molecule has 4 heterocycles. The lowest BCUT2D eigenvalue weighted by Gasteiger charge is -2.28. The van der Waals surface area contributed by atoms with Gasteiger partial charge in [0.05, 0.1) is 23.0 Å². The summed E-state index contributed by atoms with van der Waals surface area (Å²) >= 11 is 0. The van der Waals surface area contributed by atoms with Gasteiger partial charge in [-0.1, -0.05) is 78.9 Å². The summed E-state index contributed by atoms with van der Waals surface area (Å²) in [5.41, 5.74) is 12.3. The molecule has 3 aliphatic rings. The molecular formula is C40H34N4. The van der Waals surface area contributed by atoms with Crippen molar-refractivity contribution in [1.82, 2.24) is 15.3 Å². The number of nitrogens with one attached hydrogen (secondary N) is 1. The Balaban J connectivity index is 1.32. The molecule has 2 atom stereocenters. The van der Waals surface area contributed by atoms with E-state index in [2.05, 4.69) is 121 Å². The molecule has 0 saturated heterocycles. The average molecular weight is 571 g/mol. The Hall–Kier alpha value is -5.09. The third kappa shape index (κ3) is 4.58. The predicted octanol–water partition coefficient (Wildman–Crippen LogP) is 9.11. The largest absolute Gasteiger partial charge is 0.380 e. The number of hydrogen-bond acceptors (Lipinski definition) is 4. The summed E-state index contributed by atoms with van der Waals surface area (Å²) in [6.07, 6.45) is 18.4. The number of nitrogens with zero attached hydrogens (tertiary/aromatic N) is 3. The van der Waals surface area contributed by atoms with E-state index in [1.54, 1.807) is 0 Å². The molecule has 2 aromatic heterocycles. The molecular weight excluding hydrogens is 536 g/mol. The molecule has 0 bridgehead atoms. The van der Waals surface area contributed by atoms with Gasteiger partial charge in [0.25, 0.3) is 0 Å². The van der Waals surface area contributed by atoms with Crippen LogP contribution in [0.15, 0.2) is 121 Å². The number of pyridine rings is 2. The molecule has 0 amide bonds. The first-order valence-corrected chi connectivity index (χ1v) is 15.5. The molecule has 44 heavy (non-hydrogen) atoms. The third-order valence-electron chi connectivity index (χ3n) is 9.39. The first kappa shape index (κ1) is 26.5. The maximum atomic E-state index is 4.96. The van der Waals surface area contributed by atoms with Crippen LogP contribution in [0.4, 0.5) is 0 Å². The van der Waals surface area contributed by atoms with Gasteiger partial charge in [0, 0.05) is 36.8 Å². The standard InChI is InChI=1S/C40H34N4/c1-40(37-16-8-10-22-42-37)24-30(26-44-40)39-32-14-6-5-13-31(32)38(29-18-20-36(43-25-29)35-15-7-9-21-41-35)33-19-17-28(23-34(33)39)27-11-3-2-4-12-27/h2-14,16,18,20-23,25-26,35,44H,15,17,19,24H2,1H3/t35?,40-/m0/s1. The van der Waals surface area contributed by atoms with E-state index in [1.807, 2.05) is 24.6 Å². The van der Waals surface area contributed by atoms with Gasteiger partial charge in [-0.25, -0.2) is 0 Å². The van der Waals surface area contributed by atoms with Crippen molar-refractivity contribution >= 4 is 34.2 Å². The lowest BCUT2D eigenvalue weighted by atomic mass is 9.77. The summed E-state index contributed by atoms with van der Waals surface area (Å²) in [6.45, 7) is 2.26. The monoisotopic (exact) mass is 570 g/mol. The van der Waals surface area contributed by atoms with E-state index in [-0.39, 0.29) is 11.6 Å². The fraction of sp³-hybridized carbons (Fsp3) is 0.175. The molecule has 2 aliphatic heterocycles. The van der Waals surface area contributed by atoms with Gasteiger partial charge in [0.1, 0.15) is 0 Å². The summed E-state index contributed by atoms with van der Waals surface area (Å²) in [5, 5.41) is 6.27. The molecule has 0 saturated carbocycles. The van der Waals surface area contributed by atoms with Gasteiger partial charge in [-0.05, 0) is 100 Å². The van der Waals surface area contributed by atoms with Crippen LogP contribution < -0.4 is 5.32 Å². The van der Waals surface area contributed by atoms with Crippen molar-refractivity contribution in [2.75, 3.05) is 0 Å². The molecule has 0 spiro atoms. The number of rotatable bonds is 5. The smallest absolute Gasteiger partial charge is 0.0953 e. The number of aromatic nitrogens is 2. The topological polar surface area (TPSA) is 50.2 Å². The fourth-order valence-corrected chi connectivity index (χ4v) is 7.17. The minimum atomic E-state index is -0.263. The van der Waals surface area contributed by atoms with E-state index in [0.717, 1.165) is 42.6 Å². The molecule has 1 aliphatic carbocycles. The van der Waals surface area contributed by atoms with Crippen molar-refractivity contribution in [2.45, 2.75) is 44.2 Å². The van der Waals surface area contributed by atoms with E-state index in [9.17, 15) is 0 Å². The van der Waals surface area contributed by atoms with Gasteiger partial charge < -0.3 is 5.32 Å². The van der Waals surface area contributed by atoms with Gasteiger partial charge >= 0.3 is 0 Å². The highest BCUT2D eigenvalue weighted by molar-refractivity contribution is 6.09. The number of hydrogen-bond donors (Lipinski definition) is 1. The maximum absolute atomic E-state index is 4.96. The van der Waals surface area contributed by atoms with Crippen molar-refractivity contribution in [1.29, 1.82) is 0 Å². The Kier molecular flexibility index (Phi) is 6.56. The zero-order valence-corrected chi connectivity index (χ0v) is 24.9.